The molecule has 0 aromatic rings. The molecule has 3 nitrogen and oxygen atoms in total. The van der Waals surface area contributed by atoms with Gasteiger partial charge in [0.25, 0.3) is 0 Å². The van der Waals surface area contributed by atoms with E-state index in [0.717, 1.165) is 12.6 Å². The Kier molecular flexibility index (Phi) is 4.83. The second-order valence-electron chi connectivity index (χ2n) is 5.77. The third kappa shape index (κ3) is 3.21. The molecule has 2 aliphatic rings. The molecule has 0 radical (unpaired) electrons. The van der Waals surface area contributed by atoms with E-state index in [0.29, 0.717) is 12.1 Å². The number of rotatable bonds is 5. The lowest BCUT2D eigenvalue weighted by Gasteiger charge is -2.31. The van der Waals surface area contributed by atoms with Crippen molar-refractivity contribution in [3.63, 3.8) is 0 Å². The largest absolute Gasteiger partial charge is 0.313 e. The van der Waals surface area contributed by atoms with Crippen LogP contribution in [-0.4, -0.2) is 60.6 Å². The molecule has 17 heavy (non-hydrogen) atoms. The van der Waals surface area contributed by atoms with Crippen LogP contribution in [0, 0.1) is 0 Å². The first-order valence-electron chi connectivity index (χ1n) is 7.44. The summed E-state index contributed by atoms with van der Waals surface area (Å²) in [6, 6.07) is 2.12. The van der Waals surface area contributed by atoms with Gasteiger partial charge < -0.3 is 5.32 Å². The monoisotopic (exact) mass is 239 g/mol. The van der Waals surface area contributed by atoms with E-state index in [1.54, 1.807) is 0 Å². The van der Waals surface area contributed by atoms with Crippen LogP contribution in [0.3, 0.4) is 0 Å². The second kappa shape index (κ2) is 6.17. The molecule has 0 spiro atoms. The molecule has 0 saturated carbocycles. The molecule has 2 aliphatic heterocycles. The van der Waals surface area contributed by atoms with Crippen molar-refractivity contribution in [2.45, 2.75) is 58.2 Å². The van der Waals surface area contributed by atoms with Gasteiger partial charge in [-0.25, -0.2) is 0 Å². The van der Waals surface area contributed by atoms with Gasteiger partial charge in [0.05, 0.1) is 0 Å². The molecule has 0 amide bonds. The van der Waals surface area contributed by atoms with Crippen LogP contribution in [0.25, 0.3) is 0 Å². The first-order chi connectivity index (χ1) is 8.22. The summed E-state index contributed by atoms with van der Waals surface area (Å²) in [6.07, 6.45) is 4.21. The van der Waals surface area contributed by atoms with E-state index in [1.165, 1.54) is 45.4 Å². The standard InChI is InChI=1S/C14H29N3/c1-4-15-12(2)13(3)17-10-7-14(11-17)16-8-5-6-9-16/h12-15H,4-11H2,1-3H3. The van der Waals surface area contributed by atoms with E-state index in [2.05, 4.69) is 35.9 Å². The van der Waals surface area contributed by atoms with Crippen molar-refractivity contribution >= 4 is 0 Å². The van der Waals surface area contributed by atoms with E-state index in [1.807, 2.05) is 0 Å². The number of nitrogens with zero attached hydrogens (tertiary/aromatic N) is 2. The van der Waals surface area contributed by atoms with Gasteiger partial charge in [0, 0.05) is 31.2 Å². The van der Waals surface area contributed by atoms with E-state index in [9.17, 15) is 0 Å². The predicted octanol–water partition coefficient (Wildman–Crippen LogP) is 1.54. The summed E-state index contributed by atoms with van der Waals surface area (Å²) in [6.45, 7) is 13.2. The van der Waals surface area contributed by atoms with Gasteiger partial charge in [-0.3, -0.25) is 9.80 Å². The van der Waals surface area contributed by atoms with Gasteiger partial charge in [0.15, 0.2) is 0 Å². The topological polar surface area (TPSA) is 18.5 Å². The van der Waals surface area contributed by atoms with Crippen LogP contribution in [-0.2, 0) is 0 Å². The Morgan fingerprint density at radius 1 is 1.18 bits per heavy atom. The average molecular weight is 239 g/mol. The van der Waals surface area contributed by atoms with Crippen molar-refractivity contribution < 1.29 is 0 Å². The van der Waals surface area contributed by atoms with Gasteiger partial charge in [-0.05, 0) is 52.7 Å². The van der Waals surface area contributed by atoms with Crippen molar-refractivity contribution in [3.05, 3.63) is 0 Å². The molecular weight excluding hydrogens is 210 g/mol. The molecule has 3 heteroatoms. The lowest BCUT2D eigenvalue weighted by Crippen LogP contribution is -2.47. The zero-order valence-electron chi connectivity index (χ0n) is 11.8. The van der Waals surface area contributed by atoms with E-state index in [-0.39, 0.29) is 0 Å². The summed E-state index contributed by atoms with van der Waals surface area (Å²) in [7, 11) is 0. The molecule has 100 valence electrons. The molecule has 2 rings (SSSR count). The van der Waals surface area contributed by atoms with Crippen LogP contribution in [0.5, 0.6) is 0 Å². The lowest BCUT2D eigenvalue weighted by atomic mass is 10.1. The van der Waals surface area contributed by atoms with Crippen molar-refractivity contribution in [2.75, 3.05) is 32.7 Å². The number of likely N-dealkylation sites (tertiary alicyclic amines) is 2. The zero-order chi connectivity index (χ0) is 12.3. The van der Waals surface area contributed by atoms with E-state index >= 15 is 0 Å². The minimum Gasteiger partial charge on any atom is -0.313 e. The normalized spacial score (nSPS) is 30.9. The molecule has 2 saturated heterocycles. The van der Waals surface area contributed by atoms with Gasteiger partial charge in [-0.2, -0.15) is 0 Å². The smallest absolute Gasteiger partial charge is 0.0235 e. The molecule has 0 aliphatic carbocycles. The molecule has 3 unspecified atom stereocenters. The van der Waals surface area contributed by atoms with Crippen molar-refractivity contribution in [1.82, 2.24) is 15.1 Å². The summed E-state index contributed by atoms with van der Waals surface area (Å²) in [5.74, 6) is 0. The van der Waals surface area contributed by atoms with Gasteiger partial charge >= 0.3 is 0 Å². The Bertz CT molecular complexity index is 226. The minimum absolute atomic E-state index is 0.609. The van der Waals surface area contributed by atoms with Crippen LogP contribution < -0.4 is 5.32 Å². The van der Waals surface area contributed by atoms with Crippen molar-refractivity contribution in [2.24, 2.45) is 0 Å². The first kappa shape index (κ1) is 13.3. The number of hydrogen-bond donors (Lipinski definition) is 1. The fourth-order valence-electron chi connectivity index (χ4n) is 3.35. The highest BCUT2D eigenvalue weighted by atomic mass is 15.3. The number of nitrogens with one attached hydrogen (secondary N) is 1. The lowest BCUT2D eigenvalue weighted by molar-refractivity contribution is 0.184. The highest BCUT2D eigenvalue weighted by molar-refractivity contribution is 4.90. The van der Waals surface area contributed by atoms with Crippen LogP contribution >= 0.6 is 0 Å². The van der Waals surface area contributed by atoms with E-state index in [4.69, 9.17) is 0 Å². The molecule has 1 N–H and O–H groups in total. The van der Waals surface area contributed by atoms with Crippen LogP contribution in [0.1, 0.15) is 40.0 Å². The summed E-state index contributed by atoms with van der Waals surface area (Å²) in [5.41, 5.74) is 0. The van der Waals surface area contributed by atoms with Crippen molar-refractivity contribution in [1.29, 1.82) is 0 Å². The summed E-state index contributed by atoms with van der Waals surface area (Å²) in [4.78, 5) is 5.39. The Labute approximate surface area is 107 Å². The van der Waals surface area contributed by atoms with Crippen LogP contribution in [0.4, 0.5) is 0 Å². The minimum atomic E-state index is 0.609. The first-order valence-corrected chi connectivity index (χ1v) is 7.44. The molecule has 0 aromatic heterocycles. The fourth-order valence-corrected chi connectivity index (χ4v) is 3.35. The number of hydrogen-bond acceptors (Lipinski definition) is 3. The molecular formula is C14H29N3. The highest BCUT2D eigenvalue weighted by Crippen LogP contribution is 2.22. The maximum Gasteiger partial charge on any atom is 0.0235 e. The van der Waals surface area contributed by atoms with Gasteiger partial charge in [0.1, 0.15) is 0 Å². The third-order valence-electron chi connectivity index (χ3n) is 4.68. The Balaban J connectivity index is 1.80. The quantitative estimate of drug-likeness (QED) is 0.785. The molecule has 0 aromatic carbocycles. The average Bonchev–Trinajstić information content (AvgIpc) is 2.98. The molecule has 2 heterocycles. The van der Waals surface area contributed by atoms with Crippen molar-refractivity contribution in [3.8, 4) is 0 Å². The highest BCUT2D eigenvalue weighted by Gasteiger charge is 2.32. The molecule has 0 bridgehead atoms. The molecule has 2 fully saturated rings. The number of likely N-dealkylation sites (N-methyl/N-ethyl adjacent to an activating group) is 1. The maximum absolute atomic E-state index is 3.55. The Morgan fingerprint density at radius 3 is 2.53 bits per heavy atom. The molecule has 3 atom stereocenters. The van der Waals surface area contributed by atoms with Crippen LogP contribution in [0.2, 0.25) is 0 Å². The zero-order valence-corrected chi connectivity index (χ0v) is 11.8. The Hall–Kier alpha value is -0.120. The SMILES string of the molecule is CCNC(C)C(C)N1CCC(N2CCCC2)C1. The Morgan fingerprint density at radius 2 is 1.88 bits per heavy atom. The summed E-state index contributed by atoms with van der Waals surface area (Å²) >= 11 is 0. The van der Waals surface area contributed by atoms with E-state index < -0.39 is 0 Å². The fraction of sp³-hybridized carbons (Fsp3) is 1.00. The summed E-state index contributed by atoms with van der Waals surface area (Å²) in [5, 5.41) is 3.55. The predicted molar refractivity (Wildman–Crippen MR) is 73.4 cm³/mol. The maximum atomic E-state index is 3.55. The third-order valence-corrected chi connectivity index (χ3v) is 4.68. The van der Waals surface area contributed by atoms with Crippen LogP contribution in [0.15, 0.2) is 0 Å². The van der Waals surface area contributed by atoms with Gasteiger partial charge in [-0.1, -0.05) is 6.92 Å². The second-order valence-corrected chi connectivity index (χ2v) is 5.77. The van der Waals surface area contributed by atoms with Gasteiger partial charge in [0.2, 0.25) is 0 Å². The van der Waals surface area contributed by atoms with Gasteiger partial charge in [-0.15, -0.1) is 0 Å². The summed E-state index contributed by atoms with van der Waals surface area (Å²) < 4.78 is 0.